The first kappa shape index (κ1) is 59.1. The topological polar surface area (TPSA) is 119 Å². The van der Waals surface area contributed by atoms with Crippen LogP contribution in [0.4, 0.5) is 0 Å². The number of ether oxygens (including phenoxy) is 4. The van der Waals surface area contributed by atoms with Crippen LogP contribution in [0.3, 0.4) is 0 Å². The van der Waals surface area contributed by atoms with Gasteiger partial charge in [-0.25, -0.2) is 0 Å². The maximum atomic E-state index is 9.81. The summed E-state index contributed by atoms with van der Waals surface area (Å²) in [7, 11) is -0.470. The van der Waals surface area contributed by atoms with Crippen LogP contribution in [-0.4, -0.2) is 120 Å². The van der Waals surface area contributed by atoms with E-state index in [1.54, 1.807) is 21.3 Å². The van der Waals surface area contributed by atoms with Crippen molar-refractivity contribution < 1.29 is 50.6 Å². The molecular formula is C49H86Cl2O11Si2. The van der Waals surface area contributed by atoms with Gasteiger partial charge < -0.3 is 50.6 Å². The molecule has 11 nitrogen and oxygen atoms in total. The lowest BCUT2D eigenvalue weighted by molar-refractivity contribution is -0.0187. The summed E-state index contributed by atoms with van der Waals surface area (Å²) in [4.78, 5) is 0. The van der Waals surface area contributed by atoms with Crippen molar-refractivity contribution in [1.82, 2.24) is 0 Å². The highest BCUT2D eigenvalue weighted by atomic mass is 35.5. The van der Waals surface area contributed by atoms with Crippen molar-refractivity contribution in [2.75, 3.05) is 61.0 Å². The molecule has 0 aliphatic carbocycles. The van der Waals surface area contributed by atoms with Crippen molar-refractivity contribution in [3.8, 4) is 0 Å². The molecule has 2 fully saturated rings. The summed E-state index contributed by atoms with van der Waals surface area (Å²) in [6.45, 7) is 29.6. The Morgan fingerprint density at radius 3 is 1.33 bits per heavy atom. The lowest BCUT2D eigenvalue weighted by Gasteiger charge is -2.37. The molecule has 0 saturated carbocycles. The standard InChI is InChI=1S/C26H45ClO5Si.C14H21ClO.C9H20O5Si/c1-18(2)24-11-10-22(14-25(24)27)15-26(19(3)4)32-33(30-20(5)6,31-21(7)8)13-9-12-28-16-23-17-29-23;1-9(2)12-6-5-11(7-13(12)15)8-14(16)10(3)4;1-10-15(11-2,12-3)6-4-5-13-7-9-8-14-9/h10-11,14,18-21,23,26H,9,12-13,15-17H2,1-8H3;5-7,9-10,14,16H,8H2,1-4H3;9H,4-8H2,1-3H3. The van der Waals surface area contributed by atoms with Gasteiger partial charge in [0.2, 0.25) is 0 Å². The van der Waals surface area contributed by atoms with E-state index in [-0.39, 0.29) is 36.4 Å². The third kappa shape index (κ3) is 23.3. The Kier molecular flexibility index (Phi) is 28.2. The molecule has 64 heavy (non-hydrogen) atoms. The van der Waals surface area contributed by atoms with E-state index < -0.39 is 17.6 Å². The monoisotopic (exact) mass is 977 g/mol. The van der Waals surface area contributed by atoms with Gasteiger partial charge in [0.1, 0.15) is 12.2 Å². The molecule has 2 saturated heterocycles. The Bertz CT molecular complexity index is 1530. The molecule has 0 aromatic heterocycles. The van der Waals surface area contributed by atoms with Crippen LogP contribution in [0.2, 0.25) is 22.1 Å². The summed E-state index contributed by atoms with van der Waals surface area (Å²) in [6, 6.07) is 14.0. The average Bonchev–Trinajstić information content (AvgIpc) is 4.16. The molecule has 15 heteroatoms. The lowest BCUT2D eigenvalue weighted by Crippen LogP contribution is -2.52. The summed E-state index contributed by atoms with van der Waals surface area (Å²) in [5.41, 5.74) is 4.63. The maximum Gasteiger partial charge on any atom is 0.501 e. The fraction of sp³-hybridized carbons (Fsp3) is 0.755. The molecule has 2 aromatic rings. The van der Waals surface area contributed by atoms with Crippen LogP contribution in [0.25, 0.3) is 0 Å². The van der Waals surface area contributed by atoms with Gasteiger partial charge in [-0.05, 0) is 111 Å². The summed E-state index contributed by atoms with van der Waals surface area (Å²) in [5.74, 6) is 1.42. The molecule has 0 bridgehead atoms. The summed E-state index contributed by atoms with van der Waals surface area (Å²) >= 11 is 12.8. The van der Waals surface area contributed by atoms with Crippen molar-refractivity contribution >= 4 is 40.8 Å². The van der Waals surface area contributed by atoms with E-state index in [4.69, 9.17) is 68.7 Å². The number of halogens is 2. The van der Waals surface area contributed by atoms with Crippen LogP contribution in [0.15, 0.2) is 36.4 Å². The van der Waals surface area contributed by atoms with E-state index in [0.29, 0.717) is 56.7 Å². The predicted octanol–water partition coefficient (Wildman–Crippen LogP) is 11.3. The average molecular weight is 978 g/mol. The zero-order valence-corrected chi connectivity index (χ0v) is 45.5. The normalized spacial score (nSPS) is 17.2. The van der Waals surface area contributed by atoms with Crippen LogP contribution in [-0.2, 0) is 58.3 Å². The third-order valence-electron chi connectivity index (χ3n) is 10.8. The smallest absolute Gasteiger partial charge is 0.393 e. The first-order valence-corrected chi connectivity index (χ1v) is 28.1. The van der Waals surface area contributed by atoms with Crippen LogP contribution in [0, 0.1) is 11.8 Å². The van der Waals surface area contributed by atoms with E-state index in [2.05, 4.69) is 71.9 Å². The second-order valence-corrected chi connectivity index (χ2v) is 25.2. The van der Waals surface area contributed by atoms with Crippen molar-refractivity contribution in [1.29, 1.82) is 0 Å². The van der Waals surface area contributed by atoms with Gasteiger partial charge in [0.25, 0.3) is 0 Å². The second kappa shape index (κ2) is 30.5. The maximum absolute atomic E-state index is 9.81. The van der Waals surface area contributed by atoms with Gasteiger partial charge in [-0.3, -0.25) is 0 Å². The lowest BCUT2D eigenvalue weighted by atomic mass is 9.96. The Morgan fingerprint density at radius 2 is 1.00 bits per heavy atom. The van der Waals surface area contributed by atoms with Crippen LogP contribution in [0.1, 0.15) is 130 Å². The fourth-order valence-electron chi connectivity index (χ4n) is 6.76. The van der Waals surface area contributed by atoms with E-state index in [1.165, 1.54) is 16.7 Å². The van der Waals surface area contributed by atoms with E-state index in [1.807, 2.05) is 47.6 Å². The molecule has 370 valence electrons. The second-order valence-electron chi connectivity index (χ2n) is 18.7. The number of epoxide rings is 2. The van der Waals surface area contributed by atoms with Crippen molar-refractivity contribution in [2.45, 2.75) is 169 Å². The van der Waals surface area contributed by atoms with Gasteiger partial charge in [0.15, 0.2) is 0 Å². The number of benzene rings is 2. The zero-order chi connectivity index (χ0) is 48.0. The van der Waals surface area contributed by atoms with Crippen LogP contribution in [0.5, 0.6) is 0 Å². The number of aliphatic hydroxyl groups is 1. The summed E-state index contributed by atoms with van der Waals surface area (Å²) in [6.07, 6.45) is 3.48. The van der Waals surface area contributed by atoms with E-state index in [9.17, 15) is 5.11 Å². The number of hydrogen-bond acceptors (Lipinski definition) is 11. The van der Waals surface area contributed by atoms with Gasteiger partial charge in [0.05, 0.1) is 38.6 Å². The van der Waals surface area contributed by atoms with Gasteiger partial charge in [-0.1, -0.05) is 103 Å². The van der Waals surface area contributed by atoms with Crippen LogP contribution < -0.4 is 0 Å². The molecule has 2 aliphatic rings. The molecular weight excluding hydrogens is 892 g/mol. The Morgan fingerprint density at radius 1 is 0.594 bits per heavy atom. The largest absolute Gasteiger partial charge is 0.501 e. The Hall–Kier alpha value is -0.986. The highest BCUT2D eigenvalue weighted by molar-refractivity contribution is 6.61. The zero-order valence-electron chi connectivity index (χ0n) is 42.0. The van der Waals surface area contributed by atoms with E-state index >= 15 is 0 Å². The SMILES string of the molecule is CC(C)O[Si](CCCOCC1CO1)(OC(C)C)OC(Cc1ccc(C(C)C)c(Cl)c1)C(C)C.CC(C)c1ccc(CC(O)C(C)C)cc1Cl.CO[Si](CCCOCC1CO1)(OC)OC. The Labute approximate surface area is 400 Å². The molecule has 2 heterocycles. The minimum Gasteiger partial charge on any atom is -0.393 e. The summed E-state index contributed by atoms with van der Waals surface area (Å²) in [5, 5.41) is 11.4. The van der Waals surface area contributed by atoms with Gasteiger partial charge in [-0.2, -0.15) is 0 Å². The van der Waals surface area contributed by atoms with Gasteiger partial charge in [0, 0.05) is 68.9 Å². The number of aliphatic hydroxyl groups excluding tert-OH is 1. The molecule has 2 aromatic carbocycles. The highest BCUT2D eigenvalue weighted by Gasteiger charge is 2.45. The van der Waals surface area contributed by atoms with Crippen molar-refractivity contribution in [3.05, 3.63) is 68.7 Å². The molecule has 2 aliphatic heterocycles. The molecule has 4 rings (SSSR count). The highest BCUT2D eigenvalue weighted by Crippen LogP contribution is 2.31. The minimum atomic E-state index is -2.95. The number of hydrogen-bond donors (Lipinski definition) is 1. The molecule has 4 atom stereocenters. The minimum absolute atomic E-state index is 0.0174. The molecule has 1 N–H and O–H groups in total. The van der Waals surface area contributed by atoms with Crippen LogP contribution >= 0.6 is 23.2 Å². The first-order valence-electron chi connectivity index (χ1n) is 23.5. The molecule has 0 amide bonds. The van der Waals surface area contributed by atoms with Gasteiger partial charge >= 0.3 is 17.6 Å². The van der Waals surface area contributed by atoms with Gasteiger partial charge in [-0.15, -0.1) is 0 Å². The fourth-order valence-corrected chi connectivity index (χ4v) is 12.6. The van der Waals surface area contributed by atoms with E-state index in [0.717, 1.165) is 60.2 Å². The third-order valence-corrected chi connectivity index (χ3v) is 17.6. The van der Waals surface area contributed by atoms with Crippen molar-refractivity contribution in [3.63, 3.8) is 0 Å². The molecule has 0 spiro atoms. The van der Waals surface area contributed by atoms with Crippen molar-refractivity contribution in [2.24, 2.45) is 11.8 Å². The molecule has 0 radical (unpaired) electrons. The summed E-state index contributed by atoms with van der Waals surface area (Å²) < 4.78 is 57.1. The quantitative estimate of drug-likeness (QED) is 0.0477. The Balaban J connectivity index is 0.000000376. The predicted molar refractivity (Wildman–Crippen MR) is 264 cm³/mol. The molecule has 4 unspecified atom stereocenters. The first-order chi connectivity index (χ1) is 30.2. The number of rotatable bonds is 29.